The van der Waals surface area contributed by atoms with Crippen LogP contribution in [-0.2, 0) is 29.1 Å². The third-order valence-corrected chi connectivity index (χ3v) is 9.61. The Morgan fingerprint density at radius 1 is 0.923 bits per heavy atom. The number of ether oxygens (including phenoxy) is 2. The van der Waals surface area contributed by atoms with Crippen LogP contribution in [-0.4, -0.2) is 105 Å². The molecule has 39 heavy (non-hydrogen) atoms. The van der Waals surface area contributed by atoms with Gasteiger partial charge in [0.25, 0.3) is 11.7 Å². The Morgan fingerprint density at radius 3 is 2.21 bits per heavy atom. The van der Waals surface area contributed by atoms with Gasteiger partial charge in [-0.15, -0.1) is 0 Å². The van der Waals surface area contributed by atoms with Crippen molar-refractivity contribution in [1.29, 1.82) is 0 Å². The summed E-state index contributed by atoms with van der Waals surface area (Å²) < 4.78 is 38.8. The van der Waals surface area contributed by atoms with Gasteiger partial charge in [0.1, 0.15) is 5.76 Å². The second kappa shape index (κ2) is 11.9. The van der Waals surface area contributed by atoms with Crippen LogP contribution in [0.4, 0.5) is 0 Å². The smallest absolute Gasteiger partial charge is 0.295 e. The Morgan fingerprint density at radius 2 is 1.56 bits per heavy atom. The molecule has 5 rings (SSSR count). The minimum absolute atomic E-state index is 0.0242. The topological polar surface area (TPSA) is 117 Å². The molecule has 2 aromatic carbocycles. The van der Waals surface area contributed by atoms with E-state index in [1.165, 1.54) is 33.5 Å². The van der Waals surface area contributed by atoms with Crippen molar-refractivity contribution in [2.75, 3.05) is 65.7 Å². The highest BCUT2D eigenvalue weighted by molar-refractivity contribution is 9.10. The lowest BCUT2D eigenvalue weighted by molar-refractivity contribution is -0.140. The predicted octanol–water partition coefficient (Wildman–Crippen LogP) is 2.22. The van der Waals surface area contributed by atoms with E-state index in [9.17, 15) is 23.1 Å². The zero-order valence-corrected chi connectivity index (χ0v) is 23.7. The van der Waals surface area contributed by atoms with Gasteiger partial charge in [-0.05, 0) is 42.0 Å². The lowest BCUT2D eigenvalue weighted by atomic mass is 9.95. The Hall–Kier alpha value is -2.61. The Bertz CT molecular complexity index is 1370. The van der Waals surface area contributed by atoms with E-state index >= 15 is 0 Å². The van der Waals surface area contributed by atoms with Crippen molar-refractivity contribution in [3.05, 3.63) is 69.7 Å². The number of rotatable bonds is 7. The molecule has 0 aliphatic carbocycles. The third-order valence-electron chi connectivity index (χ3n) is 7.20. The van der Waals surface area contributed by atoms with E-state index in [0.29, 0.717) is 45.1 Å². The number of Topliss-reactive ketones (excluding diaryl/α,β-unsaturated/α-hetero) is 1. The number of benzene rings is 2. The summed E-state index contributed by atoms with van der Waals surface area (Å²) in [5.41, 5.74) is 0.907. The predicted molar refractivity (Wildman–Crippen MR) is 146 cm³/mol. The summed E-state index contributed by atoms with van der Waals surface area (Å²) in [6, 6.07) is 12.2. The molecule has 3 aliphatic rings. The average Bonchev–Trinajstić information content (AvgIpc) is 3.22. The standard InChI is InChI=1S/C27H30BrN3O7S/c28-21-3-1-2-20(18-21)24-23(26(33)27(34)31(24)9-8-29-10-14-37-15-11-29)25(32)19-4-6-22(7-5-19)39(35,36)30-12-16-38-17-13-30/h1-7,18,24,32H,8-17H2/t24-/m1/s1. The molecule has 0 aromatic heterocycles. The van der Waals surface area contributed by atoms with Crippen LogP contribution in [0.15, 0.2) is 63.5 Å². The number of amides is 1. The number of hydrogen-bond acceptors (Lipinski definition) is 8. The van der Waals surface area contributed by atoms with E-state index in [1.807, 2.05) is 24.3 Å². The van der Waals surface area contributed by atoms with E-state index in [2.05, 4.69) is 20.8 Å². The summed E-state index contributed by atoms with van der Waals surface area (Å²) in [5.74, 6) is -1.80. The molecule has 12 heteroatoms. The number of nitrogens with zero attached hydrogens (tertiary/aromatic N) is 3. The van der Waals surface area contributed by atoms with Crippen LogP contribution in [0.1, 0.15) is 17.2 Å². The number of aliphatic hydroxyl groups excluding tert-OH is 1. The minimum Gasteiger partial charge on any atom is -0.507 e. The van der Waals surface area contributed by atoms with Gasteiger partial charge in [-0.1, -0.05) is 28.1 Å². The molecule has 1 amide bonds. The highest BCUT2D eigenvalue weighted by Crippen LogP contribution is 2.40. The molecule has 1 N–H and O–H groups in total. The van der Waals surface area contributed by atoms with Crippen molar-refractivity contribution in [3.8, 4) is 0 Å². The second-order valence-electron chi connectivity index (χ2n) is 9.54. The van der Waals surface area contributed by atoms with Gasteiger partial charge in [0.2, 0.25) is 10.0 Å². The highest BCUT2D eigenvalue weighted by atomic mass is 79.9. The van der Waals surface area contributed by atoms with Crippen LogP contribution in [0.5, 0.6) is 0 Å². The number of aliphatic hydroxyl groups is 1. The Balaban J connectivity index is 1.48. The van der Waals surface area contributed by atoms with Gasteiger partial charge < -0.3 is 19.5 Å². The van der Waals surface area contributed by atoms with Crippen molar-refractivity contribution in [2.45, 2.75) is 10.9 Å². The lowest BCUT2D eigenvalue weighted by Gasteiger charge is -2.31. The maximum atomic E-state index is 13.3. The first kappa shape index (κ1) is 27.9. The molecule has 0 spiro atoms. The molecule has 3 heterocycles. The van der Waals surface area contributed by atoms with Gasteiger partial charge >= 0.3 is 0 Å². The first-order valence-corrected chi connectivity index (χ1v) is 15.0. The van der Waals surface area contributed by atoms with Crippen LogP contribution in [0.25, 0.3) is 5.76 Å². The molecule has 10 nitrogen and oxygen atoms in total. The van der Waals surface area contributed by atoms with Crippen molar-refractivity contribution in [3.63, 3.8) is 0 Å². The lowest BCUT2D eigenvalue weighted by Crippen LogP contribution is -2.42. The molecule has 3 aliphatic heterocycles. The van der Waals surface area contributed by atoms with Gasteiger partial charge in [0, 0.05) is 49.3 Å². The van der Waals surface area contributed by atoms with Gasteiger partial charge in [-0.3, -0.25) is 14.5 Å². The van der Waals surface area contributed by atoms with Crippen molar-refractivity contribution < 1.29 is 32.6 Å². The van der Waals surface area contributed by atoms with Crippen molar-refractivity contribution >= 4 is 43.4 Å². The zero-order valence-electron chi connectivity index (χ0n) is 21.3. The fourth-order valence-electron chi connectivity index (χ4n) is 5.08. The summed E-state index contributed by atoms with van der Waals surface area (Å²) in [4.78, 5) is 30.3. The van der Waals surface area contributed by atoms with Crippen LogP contribution in [0.2, 0.25) is 0 Å². The maximum Gasteiger partial charge on any atom is 0.295 e. The minimum atomic E-state index is -3.72. The molecule has 0 saturated carbocycles. The molecule has 208 valence electrons. The second-order valence-corrected chi connectivity index (χ2v) is 12.4. The molecule has 3 saturated heterocycles. The largest absolute Gasteiger partial charge is 0.507 e. The molecular formula is C27H30BrN3O7S. The first-order chi connectivity index (χ1) is 18.8. The van der Waals surface area contributed by atoms with E-state index in [1.54, 1.807) is 0 Å². The summed E-state index contributed by atoms with van der Waals surface area (Å²) in [5, 5.41) is 11.4. The van der Waals surface area contributed by atoms with Gasteiger partial charge in [0.15, 0.2) is 0 Å². The molecule has 0 unspecified atom stereocenters. The van der Waals surface area contributed by atoms with E-state index in [-0.39, 0.29) is 34.9 Å². The summed E-state index contributed by atoms with van der Waals surface area (Å²) in [7, 11) is -3.72. The quantitative estimate of drug-likeness (QED) is 0.285. The van der Waals surface area contributed by atoms with Gasteiger partial charge in [-0.2, -0.15) is 4.31 Å². The van der Waals surface area contributed by atoms with Gasteiger partial charge in [0.05, 0.1) is 42.9 Å². The number of sulfonamides is 1. The normalized spacial score (nSPS) is 22.9. The first-order valence-electron chi connectivity index (χ1n) is 12.8. The molecule has 0 radical (unpaired) electrons. The average molecular weight is 621 g/mol. The third kappa shape index (κ3) is 5.81. The van der Waals surface area contributed by atoms with Crippen LogP contribution < -0.4 is 0 Å². The number of carbonyl (C=O) groups excluding carboxylic acids is 2. The number of carbonyl (C=O) groups is 2. The fourth-order valence-corrected chi connectivity index (χ4v) is 6.91. The van der Waals surface area contributed by atoms with Crippen molar-refractivity contribution in [2.24, 2.45) is 0 Å². The van der Waals surface area contributed by atoms with Crippen LogP contribution in [0.3, 0.4) is 0 Å². The van der Waals surface area contributed by atoms with E-state index in [0.717, 1.165) is 17.6 Å². The van der Waals surface area contributed by atoms with Crippen molar-refractivity contribution in [1.82, 2.24) is 14.1 Å². The molecule has 3 fully saturated rings. The van der Waals surface area contributed by atoms with E-state index < -0.39 is 27.8 Å². The fraction of sp³-hybridized carbons (Fsp3) is 0.407. The highest BCUT2D eigenvalue weighted by Gasteiger charge is 2.46. The molecular weight excluding hydrogens is 590 g/mol. The SMILES string of the molecule is O=C1C(=O)N(CCN2CCOCC2)[C@H](c2cccc(Br)c2)C1=C(O)c1ccc(S(=O)(=O)N2CCOCC2)cc1. The number of morpholine rings is 2. The monoisotopic (exact) mass is 619 g/mol. The number of halogens is 1. The summed E-state index contributed by atoms with van der Waals surface area (Å²) in [6.07, 6.45) is 0. The summed E-state index contributed by atoms with van der Waals surface area (Å²) in [6.45, 7) is 4.78. The summed E-state index contributed by atoms with van der Waals surface area (Å²) >= 11 is 3.46. The van der Waals surface area contributed by atoms with Gasteiger partial charge in [-0.25, -0.2) is 8.42 Å². The Kier molecular flexibility index (Phi) is 8.50. The maximum absolute atomic E-state index is 13.3. The van der Waals surface area contributed by atoms with Crippen LogP contribution >= 0.6 is 15.9 Å². The molecule has 1 atom stereocenters. The Labute approximate surface area is 236 Å². The number of ketones is 1. The molecule has 2 aromatic rings. The zero-order chi connectivity index (χ0) is 27.6. The molecule has 0 bridgehead atoms. The number of likely N-dealkylation sites (tertiary alicyclic amines) is 1. The van der Waals surface area contributed by atoms with Crippen LogP contribution in [0, 0.1) is 0 Å². The number of hydrogen-bond donors (Lipinski definition) is 1. The van der Waals surface area contributed by atoms with E-state index in [4.69, 9.17) is 9.47 Å².